The van der Waals surface area contributed by atoms with Gasteiger partial charge in [0, 0.05) is 21.7 Å². The van der Waals surface area contributed by atoms with Gasteiger partial charge in [-0.25, -0.2) is 4.68 Å². The van der Waals surface area contributed by atoms with E-state index in [0.717, 1.165) is 16.7 Å². The molecular formula is C23H18ClN3O3. The molecule has 0 unspecified atom stereocenters. The van der Waals surface area contributed by atoms with Crippen LogP contribution in [-0.4, -0.2) is 22.8 Å². The van der Waals surface area contributed by atoms with E-state index in [9.17, 15) is 9.59 Å². The van der Waals surface area contributed by atoms with Crippen LogP contribution >= 0.6 is 11.6 Å². The largest absolute Gasteiger partial charge is 0.497 e. The Labute approximate surface area is 177 Å². The van der Waals surface area contributed by atoms with Gasteiger partial charge in [0.15, 0.2) is 0 Å². The van der Waals surface area contributed by atoms with Gasteiger partial charge in [-0.15, -0.1) is 0 Å². The molecular weight excluding hydrogens is 402 g/mol. The maximum atomic E-state index is 12.9. The predicted molar refractivity (Wildman–Crippen MR) is 118 cm³/mol. The number of ether oxygens (including phenoxy) is 1. The number of amides is 1. The van der Waals surface area contributed by atoms with E-state index in [1.54, 1.807) is 43.5 Å². The van der Waals surface area contributed by atoms with Crippen LogP contribution in [0.1, 0.15) is 0 Å². The summed E-state index contributed by atoms with van der Waals surface area (Å²) in [7, 11) is 1.60. The molecule has 30 heavy (non-hydrogen) atoms. The van der Waals surface area contributed by atoms with Gasteiger partial charge in [-0.05, 0) is 48.5 Å². The number of hydrogen-bond acceptors (Lipinski definition) is 4. The number of nitrogens with one attached hydrogen (secondary N) is 1. The Balaban J connectivity index is 1.73. The first-order valence-electron chi connectivity index (χ1n) is 9.25. The second kappa shape index (κ2) is 8.39. The number of hydrogen-bond donors (Lipinski definition) is 1. The molecule has 4 aromatic rings. The highest BCUT2D eigenvalue weighted by atomic mass is 35.5. The van der Waals surface area contributed by atoms with Crippen molar-refractivity contribution in [1.82, 2.24) is 9.78 Å². The van der Waals surface area contributed by atoms with Gasteiger partial charge in [0.25, 0.3) is 5.56 Å². The first kappa shape index (κ1) is 19.7. The Morgan fingerprint density at radius 1 is 1.03 bits per heavy atom. The summed E-state index contributed by atoms with van der Waals surface area (Å²) < 4.78 is 6.40. The predicted octanol–water partition coefficient (Wildman–Crippen LogP) is 4.36. The number of carbonyl (C=O) groups excluding carboxylic acids is 1. The van der Waals surface area contributed by atoms with E-state index < -0.39 is 0 Å². The van der Waals surface area contributed by atoms with Gasteiger partial charge < -0.3 is 10.1 Å². The molecule has 1 N–H and O–H groups in total. The number of aromatic nitrogens is 2. The maximum absolute atomic E-state index is 12.9. The van der Waals surface area contributed by atoms with Crippen molar-refractivity contribution in [2.45, 2.75) is 6.54 Å². The van der Waals surface area contributed by atoms with Crippen LogP contribution in [0.25, 0.3) is 22.0 Å². The van der Waals surface area contributed by atoms with Gasteiger partial charge >= 0.3 is 0 Å². The minimum absolute atomic E-state index is 0.223. The van der Waals surface area contributed by atoms with Crippen LogP contribution in [0.2, 0.25) is 5.02 Å². The second-order valence-electron chi connectivity index (χ2n) is 6.64. The molecule has 0 spiro atoms. The molecule has 6 nitrogen and oxygen atoms in total. The summed E-state index contributed by atoms with van der Waals surface area (Å²) in [5, 5.41) is 8.97. The number of carbonyl (C=O) groups is 1. The van der Waals surface area contributed by atoms with Gasteiger partial charge in [0.2, 0.25) is 5.91 Å². The van der Waals surface area contributed by atoms with Crippen molar-refractivity contribution in [1.29, 1.82) is 0 Å². The summed E-state index contributed by atoms with van der Waals surface area (Å²) in [4.78, 5) is 25.5. The Hall–Kier alpha value is -3.64. The summed E-state index contributed by atoms with van der Waals surface area (Å²) in [6, 6.07) is 21.4. The standard InChI is InChI=1S/C23H18ClN3O3/c1-30-18-11-9-15(10-12-18)22-19-7-2-3-8-20(19)23(29)27(26-22)14-21(28)25-17-6-4-5-16(24)13-17/h2-13H,14H2,1H3,(H,25,28). The van der Waals surface area contributed by atoms with E-state index in [-0.39, 0.29) is 18.0 Å². The van der Waals surface area contributed by atoms with Crippen molar-refractivity contribution in [3.8, 4) is 17.0 Å². The molecule has 0 aliphatic rings. The lowest BCUT2D eigenvalue weighted by atomic mass is 10.0. The minimum Gasteiger partial charge on any atom is -0.497 e. The zero-order valence-electron chi connectivity index (χ0n) is 16.1. The van der Waals surface area contributed by atoms with Crippen LogP contribution in [0.3, 0.4) is 0 Å². The zero-order valence-corrected chi connectivity index (χ0v) is 16.9. The van der Waals surface area contributed by atoms with Crippen LogP contribution < -0.4 is 15.6 Å². The normalized spacial score (nSPS) is 10.7. The molecule has 1 amide bonds. The highest BCUT2D eigenvalue weighted by molar-refractivity contribution is 6.30. The number of rotatable bonds is 5. The molecule has 0 bridgehead atoms. The van der Waals surface area contributed by atoms with E-state index in [1.165, 1.54) is 4.68 Å². The summed E-state index contributed by atoms with van der Waals surface area (Å²) >= 11 is 5.96. The fourth-order valence-electron chi connectivity index (χ4n) is 3.21. The van der Waals surface area contributed by atoms with Crippen LogP contribution in [-0.2, 0) is 11.3 Å². The van der Waals surface area contributed by atoms with E-state index in [0.29, 0.717) is 21.8 Å². The summed E-state index contributed by atoms with van der Waals surface area (Å²) in [6.45, 7) is -0.223. The van der Waals surface area contributed by atoms with Gasteiger partial charge in [-0.1, -0.05) is 35.9 Å². The number of benzene rings is 3. The van der Waals surface area contributed by atoms with Crippen molar-refractivity contribution >= 4 is 34.0 Å². The molecule has 3 aromatic carbocycles. The number of methoxy groups -OCH3 is 1. The fraction of sp³-hybridized carbons (Fsp3) is 0.0870. The molecule has 0 fully saturated rings. The zero-order chi connectivity index (χ0) is 21.1. The quantitative estimate of drug-likeness (QED) is 0.521. The lowest BCUT2D eigenvalue weighted by Crippen LogP contribution is -2.30. The Morgan fingerprint density at radius 2 is 1.77 bits per heavy atom. The van der Waals surface area contributed by atoms with E-state index in [4.69, 9.17) is 16.3 Å². The third kappa shape index (κ3) is 4.04. The minimum atomic E-state index is -0.372. The molecule has 0 aliphatic carbocycles. The average Bonchev–Trinajstić information content (AvgIpc) is 2.76. The van der Waals surface area contributed by atoms with Crippen LogP contribution in [0.15, 0.2) is 77.6 Å². The molecule has 150 valence electrons. The number of fused-ring (bicyclic) bond motifs is 1. The third-order valence-electron chi connectivity index (χ3n) is 4.63. The van der Waals surface area contributed by atoms with Crippen molar-refractivity contribution in [3.63, 3.8) is 0 Å². The fourth-order valence-corrected chi connectivity index (χ4v) is 3.40. The second-order valence-corrected chi connectivity index (χ2v) is 7.08. The van der Waals surface area contributed by atoms with Crippen molar-refractivity contribution in [3.05, 3.63) is 88.2 Å². The van der Waals surface area contributed by atoms with Gasteiger partial charge in [-0.2, -0.15) is 5.10 Å². The number of nitrogens with zero attached hydrogens (tertiary/aromatic N) is 2. The van der Waals surface area contributed by atoms with Gasteiger partial charge in [-0.3, -0.25) is 9.59 Å². The van der Waals surface area contributed by atoms with Crippen LogP contribution in [0, 0.1) is 0 Å². The third-order valence-corrected chi connectivity index (χ3v) is 4.87. The molecule has 1 heterocycles. The molecule has 0 aliphatic heterocycles. The van der Waals surface area contributed by atoms with Gasteiger partial charge in [0.05, 0.1) is 18.2 Å². The highest BCUT2D eigenvalue weighted by Crippen LogP contribution is 2.26. The average molecular weight is 420 g/mol. The molecule has 0 atom stereocenters. The summed E-state index contributed by atoms with van der Waals surface area (Å²) in [5.74, 6) is 0.347. The molecule has 0 radical (unpaired) electrons. The van der Waals surface area contributed by atoms with E-state index >= 15 is 0 Å². The number of anilines is 1. The lowest BCUT2D eigenvalue weighted by molar-refractivity contribution is -0.117. The molecule has 4 rings (SSSR count). The Kier molecular flexibility index (Phi) is 5.50. The topological polar surface area (TPSA) is 73.2 Å². The lowest BCUT2D eigenvalue weighted by Gasteiger charge is -2.12. The molecule has 7 heteroatoms. The molecule has 1 aromatic heterocycles. The summed E-state index contributed by atoms with van der Waals surface area (Å²) in [6.07, 6.45) is 0. The first-order valence-corrected chi connectivity index (χ1v) is 9.62. The monoisotopic (exact) mass is 419 g/mol. The summed E-state index contributed by atoms with van der Waals surface area (Å²) in [5.41, 5.74) is 1.65. The SMILES string of the molecule is COc1ccc(-c2nn(CC(=O)Nc3cccc(Cl)c3)c(=O)c3ccccc23)cc1. The van der Waals surface area contributed by atoms with Gasteiger partial charge in [0.1, 0.15) is 12.3 Å². The van der Waals surface area contributed by atoms with Crippen molar-refractivity contribution < 1.29 is 9.53 Å². The Bertz CT molecular complexity index is 1280. The molecule has 0 saturated heterocycles. The maximum Gasteiger partial charge on any atom is 0.275 e. The smallest absolute Gasteiger partial charge is 0.275 e. The van der Waals surface area contributed by atoms with E-state index in [2.05, 4.69) is 10.4 Å². The van der Waals surface area contributed by atoms with Crippen molar-refractivity contribution in [2.24, 2.45) is 0 Å². The Morgan fingerprint density at radius 3 is 2.47 bits per heavy atom. The van der Waals surface area contributed by atoms with Crippen LogP contribution in [0.4, 0.5) is 5.69 Å². The van der Waals surface area contributed by atoms with E-state index in [1.807, 2.05) is 36.4 Å². The highest BCUT2D eigenvalue weighted by Gasteiger charge is 2.14. The molecule has 0 saturated carbocycles. The number of halogens is 1. The van der Waals surface area contributed by atoms with Crippen LogP contribution in [0.5, 0.6) is 5.75 Å². The first-order chi connectivity index (χ1) is 14.5. The van der Waals surface area contributed by atoms with Crippen molar-refractivity contribution in [2.75, 3.05) is 12.4 Å².